The Hall–Kier alpha value is -2.19. The van der Waals surface area contributed by atoms with Crippen LogP contribution in [-0.2, 0) is 16.1 Å². The molecule has 4 heterocycles. The summed E-state index contributed by atoms with van der Waals surface area (Å²) < 4.78 is 6.75. The standard InChI is InChI=1S/C22H32N4O4/c1-3-24-8-4-5-17(24)10-23-21(28)18-6-7-19-16-9-15(12-26(19)22(18)29)11-25(13-16)20(27)14-30-2/h6-7,15-17H,3-5,8-14H2,1-2H3,(H,23,28)/t15-,16+,17-/m0/s1. The summed E-state index contributed by atoms with van der Waals surface area (Å²) in [6.07, 6.45) is 3.21. The fraction of sp³-hybridized carbons (Fsp3) is 0.682. The van der Waals surface area contributed by atoms with Gasteiger partial charge in [0.2, 0.25) is 5.91 Å². The summed E-state index contributed by atoms with van der Waals surface area (Å²) >= 11 is 0. The van der Waals surface area contributed by atoms with Crippen LogP contribution in [0.5, 0.6) is 0 Å². The molecule has 3 aliphatic rings. The predicted octanol–water partition coefficient (Wildman–Crippen LogP) is 0.655. The second kappa shape index (κ2) is 8.89. The minimum atomic E-state index is -0.286. The summed E-state index contributed by atoms with van der Waals surface area (Å²) in [5.41, 5.74) is 0.929. The van der Waals surface area contributed by atoms with Gasteiger partial charge in [0.25, 0.3) is 11.5 Å². The van der Waals surface area contributed by atoms with Gasteiger partial charge in [0.05, 0.1) is 0 Å². The monoisotopic (exact) mass is 416 g/mol. The molecule has 1 aromatic rings. The summed E-state index contributed by atoms with van der Waals surface area (Å²) in [5, 5.41) is 2.98. The smallest absolute Gasteiger partial charge is 0.263 e. The molecule has 8 nitrogen and oxygen atoms in total. The lowest BCUT2D eigenvalue weighted by Crippen LogP contribution is -2.50. The quantitative estimate of drug-likeness (QED) is 0.736. The number of likely N-dealkylation sites (N-methyl/N-ethyl adjacent to an activating group) is 1. The third-order valence-electron chi connectivity index (χ3n) is 6.87. The second-order valence-electron chi connectivity index (χ2n) is 8.75. The highest BCUT2D eigenvalue weighted by atomic mass is 16.5. The summed E-state index contributed by atoms with van der Waals surface area (Å²) in [5.74, 6) is 0.0577. The molecule has 3 atom stereocenters. The molecule has 1 aromatic heterocycles. The van der Waals surface area contributed by atoms with Crippen LogP contribution in [0.2, 0.25) is 0 Å². The first-order valence-electron chi connectivity index (χ1n) is 11.0. The number of likely N-dealkylation sites (tertiary alicyclic amines) is 2. The van der Waals surface area contributed by atoms with Crippen LogP contribution in [0.3, 0.4) is 0 Å². The van der Waals surface area contributed by atoms with Crippen LogP contribution < -0.4 is 10.9 Å². The number of nitrogens with one attached hydrogen (secondary N) is 1. The van der Waals surface area contributed by atoms with Gasteiger partial charge in [-0.05, 0) is 50.4 Å². The lowest BCUT2D eigenvalue weighted by Gasteiger charge is -2.42. The number of methoxy groups -OCH3 is 1. The van der Waals surface area contributed by atoms with Crippen molar-refractivity contribution in [3.63, 3.8) is 0 Å². The molecule has 4 rings (SSSR count). The molecule has 0 spiro atoms. The summed E-state index contributed by atoms with van der Waals surface area (Å²) in [6.45, 7) is 6.64. The number of carbonyl (C=O) groups is 2. The lowest BCUT2D eigenvalue weighted by atomic mass is 9.83. The molecule has 2 fully saturated rings. The summed E-state index contributed by atoms with van der Waals surface area (Å²) in [6, 6.07) is 3.91. The normalized spacial score (nSPS) is 25.8. The first-order valence-corrected chi connectivity index (χ1v) is 11.0. The van der Waals surface area contributed by atoms with Gasteiger partial charge in [-0.15, -0.1) is 0 Å². The Morgan fingerprint density at radius 3 is 2.83 bits per heavy atom. The van der Waals surface area contributed by atoms with Crippen LogP contribution in [0.15, 0.2) is 16.9 Å². The van der Waals surface area contributed by atoms with Crippen molar-refractivity contribution in [2.45, 2.75) is 44.7 Å². The van der Waals surface area contributed by atoms with Crippen LogP contribution in [0.25, 0.3) is 0 Å². The molecule has 0 aromatic carbocycles. The Morgan fingerprint density at radius 2 is 2.07 bits per heavy atom. The van der Waals surface area contributed by atoms with E-state index in [9.17, 15) is 14.4 Å². The summed E-state index contributed by atoms with van der Waals surface area (Å²) in [7, 11) is 1.52. The number of piperidine rings is 1. The Kier molecular flexibility index (Phi) is 6.24. The van der Waals surface area contributed by atoms with Gasteiger partial charge in [-0.3, -0.25) is 19.3 Å². The molecule has 0 unspecified atom stereocenters. The fourth-order valence-corrected chi connectivity index (χ4v) is 5.39. The number of rotatable bonds is 6. The Labute approximate surface area is 177 Å². The molecule has 2 bridgehead atoms. The molecule has 1 N–H and O–H groups in total. The van der Waals surface area contributed by atoms with Crippen molar-refractivity contribution in [2.24, 2.45) is 5.92 Å². The van der Waals surface area contributed by atoms with E-state index >= 15 is 0 Å². The van der Waals surface area contributed by atoms with Gasteiger partial charge in [-0.25, -0.2) is 0 Å². The molecular weight excluding hydrogens is 384 g/mol. The number of fused-ring (bicyclic) bond motifs is 4. The van der Waals surface area contributed by atoms with E-state index in [1.807, 2.05) is 11.0 Å². The van der Waals surface area contributed by atoms with Crippen molar-refractivity contribution >= 4 is 11.8 Å². The first kappa shape index (κ1) is 21.1. The zero-order valence-electron chi connectivity index (χ0n) is 17.9. The van der Waals surface area contributed by atoms with Gasteiger partial charge in [0.15, 0.2) is 0 Å². The number of amides is 2. The molecule has 2 amide bonds. The average molecular weight is 417 g/mol. The molecule has 3 aliphatic heterocycles. The maximum atomic E-state index is 13.1. The largest absolute Gasteiger partial charge is 0.375 e. The summed E-state index contributed by atoms with van der Waals surface area (Å²) in [4.78, 5) is 42.3. The number of pyridine rings is 1. The highest BCUT2D eigenvalue weighted by molar-refractivity contribution is 5.93. The molecule has 164 valence electrons. The maximum Gasteiger partial charge on any atom is 0.263 e. The highest BCUT2D eigenvalue weighted by Gasteiger charge is 2.37. The first-order chi connectivity index (χ1) is 14.5. The van der Waals surface area contributed by atoms with Crippen molar-refractivity contribution in [1.29, 1.82) is 0 Å². The molecular formula is C22H32N4O4. The van der Waals surface area contributed by atoms with Crippen molar-refractivity contribution in [3.05, 3.63) is 33.7 Å². The van der Waals surface area contributed by atoms with Gasteiger partial charge in [-0.2, -0.15) is 0 Å². The van der Waals surface area contributed by atoms with Gasteiger partial charge in [-0.1, -0.05) is 6.92 Å². The Bertz CT molecular complexity index is 867. The zero-order valence-corrected chi connectivity index (χ0v) is 17.9. The Balaban J connectivity index is 1.48. The predicted molar refractivity (Wildman–Crippen MR) is 113 cm³/mol. The molecule has 0 radical (unpaired) electrons. The van der Waals surface area contributed by atoms with E-state index in [4.69, 9.17) is 4.74 Å². The zero-order chi connectivity index (χ0) is 21.3. The number of hydrogen-bond acceptors (Lipinski definition) is 5. The molecule has 0 aliphatic carbocycles. The number of nitrogens with zero attached hydrogens (tertiary/aromatic N) is 3. The van der Waals surface area contributed by atoms with Crippen LogP contribution in [0.4, 0.5) is 0 Å². The third-order valence-corrected chi connectivity index (χ3v) is 6.87. The van der Waals surface area contributed by atoms with E-state index in [-0.39, 0.29) is 41.4 Å². The number of aromatic nitrogens is 1. The Morgan fingerprint density at radius 1 is 1.23 bits per heavy atom. The third kappa shape index (κ3) is 4.03. The number of hydrogen-bond donors (Lipinski definition) is 1. The van der Waals surface area contributed by atoms with Crippen molar-refractivity contribution in [1.82, 2.24) is 19.7 Å². The minimum Gasteiger partial charge on any atom is -0.375 e. The van der Waals surface area contributed by atoms with Crippen LogP contribution in [0, 0.1) is 5.92 Å². The van der Waals surface area contributed by atoms with E-state index in [0.29, 0.717) is 32.2 Å². The van der Waals surface area contributed by atoms with Crippen LogP contribution in [-0.4, -0.2) is 78.7 Å². The topological polar surface area (TPSA) is 83.9 Å². The van der Waals surface area contributed by atoms with E-state index in [1.54, 1.807) is 10.6 Å². The van der Waals surface area contributed by atoms with Crippen LogP contribution >= 0.6 is 0 Å². The van der Waals surface area contributed by atoms with Crippen molar-refractivity contribution in [2.75, 3.05) is 46.4 Å². The fourth-order valence-electron chi connectivity index (χ4n) is 5.39. The van der Waals surface area contributed by atoms with Gasteiger partial charge in [0.1, 0.15) is 12.2 Å². The maximum absolute atomic E-state index is 13.1. The van der Waals surface area contributed by atoms with Crippen molar-refractivity contribution < 1.29 is 14.3 Å². The number of carbonyl (C=O) groups excluding carboxylic acids is 2. The molecule has 0 saturated carbocycles. The van der Waals surface area contributed by atoms with E-state index < -0.39 is 0 Å². The second-order valence-corrected chi connectivity index (χ2v) is 8.75. The van der Waals surface area contributed by atoms with Gasteiger partial charge < -0.3 is 19.5 Å². The molecule has 30 heavy (non-hydrogen) atoms. The van der Waals surface area contributed by atoms with E-state index in [2.05, 4.69) is 17.1 Å². The van der Waals surface area contributed by atoms with Crippen molar-refractivity contribution in [3.8, 4) is 0 Å². The van der Waals surface area contributed by atoms with Crippen LogP contribution in [0.1, 0.15) is 48.2 Å². The highest BCUT2D eigenvalue weighted by Crippen LogP contribution is 2.35. The van der Waals surface area contributed by atoms with E-state index in [0.717, 1.165) is 38.0 Å². The number of ether oxygens (including phenoxy) is 1. The molecule has 8 heteroatoms. The minimum absolute atomic E-state index is 0.00738. The SMILES string of the molecule is CCN1CCC[C@H]1CNC(=O)c1ccc2n(c1=O)C[C@H]1C[C@@H]2CN(C(=O)COC)C1. The van der Waals surface area contributed by atoms with Gasteiger partial charge >= 0.3 is 0 Å². The molecule has 2 saturated heterocycles. The van der Waals surface area contributed by atoms with E-state index in [1.165, 1.54) is 7.11 Å². The average Bonchev–Trinajstić information content (AvgIpc) is 3.20. The lowest BCUT2D eigenvalue weighted by molar-refractivity contribution is -0.137. The van der Waals surface area contributed by atoms with Gasteiger partial charge in [0, 0.05) is 50.9 Å².